The quantitative estimate of drug-likeness (QED) is 0.877. The van der Waals surface area contributed by atoms with E-state index in [1.54, 1.807) is 0 Å². The van der Waals surface area contributed by atoms with Gasteiger partial charge in [0.05, 0.1) is 6.42 Å². The van der Waals surface area contributed by atoms with E-state index in [2.05, 4.69) is 17.6 Å². The van der Waals surface area contributed by atoms with Crippen molar-refractivity contribution in [1.29, 1.82) is 0 Å². The molecule has 23 heavy (non-hydrogen) atoms. The number of hydrogen-bond donors (Lipinski definition) is 2. The summed E-state index contributed by atoms with van der Waals surface area (Å²) in [6.07, 6.45) is 5.79. The average Bonchev–Trinajstić information content (AvgIpc) is 3.11. The van der Waals surface area contributed by atoms with Crippen LogP contribution in [0.3, 0.4) is 0 Å². The van der Waals surface area contributed by atoms with E-state index in [1.807, 2.05) is 24.3 Å². The lowest BCUT2D eigenvalue weighted by atomic mass is 9.84. The van der Waals surface area contributed by atoms with E-state index in [0.29, 0.717) is 12.3 Å². The number of carbonyl (C=O) groups is 2. The number of amides is 2. The molecule has 1 aromatic rings. The first-order chi connectivity index (χ1) is 11.0. The van der Waals surface area contributed by atoms with Crippen molar-refractivity contribution >= 4 is 17.5 Å². The van der Waals surface area contributed by atoms with E-state index in [-0.39, 0.29) is 17.9 Å². The van der Waals surface area contributed by atoms with Crippen molar-refractivity contribution in [2.75, 3.05) is 5.32 Å². The molecule has 4 heteroatoms. The third-order valence-electron chi connectivity index (χ3n) is 5.46. The first-order valence-electron chi connectivity index (χ1n) is 8.67. The van der Waals surface area contributed by atoms with Gasteiger partial charge >= 0.3 is 0 Å². The summed E-state index contributed by atoms with van der Waals surface area (Å²) >= 11 is 0. The van der Waals surface area contributed by atoms with Crippen molar-refractivity contribution < 1.29 is 9.59 Å². The Morgan fingerprint density at radius 1 is 1.17 bits per heavy atom. The molecule has 0 spiro atoms. The summed E-state index contributed by atoms with van der Waals surface area (Å²) in [5, 5.41) is 5.92. The van der Waals surface area contributed by atoms with Gasteiger partial charge in [-0.3, -0.25) is 9.59 Å². The van der Waals surface area contributed by atoms with Gasteiger partial charge in [0.15, 0.2) is 0 Å². The molecular formula is C19H26N2O2. The zero-order valence-corrected chi connectivity index (χ0v) is 14.0. The number of rotatable bonds is 5. The van der Waals surface area contributed by atoms with E-state index in [0.717, 1.165) is 23.1 Å². The first-order valence-corrected chi connectivity index (χ1v) is 8.67. The minimum absolute atomic E-state index is 0.0878. The van der Waals surface area contributed by atoms with E-state index in [1.165, 1.54) is 32.6 Å². The molecular weight excluding hydrogens is 288 g/mol. The van der Waals surface area contributed by atoms with Crippen LogP contribution in [0.5, 0.6) is 0 Å². The molecule has 0 aliphatic heterocycles. The summed E-state index contributed by atoms with van der Waals surface area (Å²) in [5.74, 6) is 2.40. The highest BCUT2D eigenvalue weighted by Gasteiger charge is 2.42. The van der Waals surface area contributed by atoms with Crippen LogP contribution in [0.2, 0.25) is 0 Å². The summed E-state index contributed by atoms with van der Waals surface area (Å²) in [4.78, 5) is 23.3. The van der Waals surface area contributed by atoms with Crippen LogP contribution in [0, 0.1) is 17.8 Å². The molecule has 2 N–H and O–H groups in total. The van der Waals surface area contributed by atoms with E-state index >= 15 is 0 Å². The van der Waals surface area contributed by atoms with Gasteiger partial charge in [0.2, 0.25) is 11.8 Å². The Balaban J connectivity index is 1.50. The smallest absolute Gasteiger partial charge is 0.224 e. The van der Waals surface area contributed by atoms with Crippen molar-refractivity contribution in [3.05, 3.63) is 29.8 Å². The third-order valence-corrected chi connectivity index (χ3v) is 5.46. The second-order valence-corrected chi connectivity index (χ2v) is 7.25. The standard InChI is InChI=1S/C19H26N2O2/c1-12(18-10-15-3-6-16(18)9-15)20-19(23)11-14-4-7-17(8-5-14)21-13(2)22/h4-5,7-8,12,15-16,18H,3,6,9-11H2,1-2H3,(H,20,23)(H,21,22)/t12-,15-,16-,18-/m0/s1. The van der Waals surface area contributed by atoms with Crippen molar-refractivity contribution in [2.24, 2.45) is 17.8 Å². The van der Waals surface area contributed by atoms with Gasteiger partial charge in [0, 0.05) is 18.7 Å². The van der Waals surface area contributed by atoms with Gasteiger partial charge in [-0.25, -0.2) is 0 Å². The topological polar surface area (TPSA) is 58.2 Å². The minimum atomic E-state index is -0.0878. The van der Waals surface area contributed by atoms with Gasteiger partial charge in [-0.2, -0.15) is 0 Å². The molecule has 2 amide bonds. The molecule has 0 saturated heterocycles. The molecule has 124 valence electrons. The first kappa shape index (κ1) is 16.0. The molecule has 2 aliphatic rings. The lowest BCUT2D eigenvalue weighted by Crippen LogP contribution is -2.40. The maximum atomic E-state index is 12.3. The molecule has 4 atom stereocenters. The molecule has 2 bridgehead atoms. The van der Waals surface area contributed by atoms with Gasteiger partial charge in [-0.1, -0.05) is 18.6 Å². The van der Waals surface area contributed by atoms with Crippen LogP contribution >= 0.6 is 0 Å². The highest BCUT2D eigenvalue weighted by molar-refractivity contribution is 5.88. The summed E-state index contributed by atoms with van der Waals surface area (Å²) in [6.45, 7) is 3.64. The predicted octanol–water partition coefficient (Wildman–Crippen LogP) is 3.13. The molecule has 0 heterocycles. The Bertz CT molecular complexity index is 582. The fourth-order valence-corrected chi connectivity index (χ4v) is 4.41. The fraction of sp³-hybridized carbons (Fsp3) is 0.579. The lowest BCUT2D eigenvalue weighted by Gasteiger charge is -2.28. The number of carbonyl (C=O) groups excluding carboxylic acids is 2. The zero-order chi connectivity index (χ0) is 16.4. The number of anilines is 1. The zero-order valence-electron chi connectivity index (χ0n) is 14.0. The maximum Gasteiger partial charge on any atom is 0.224 e. The molecule has 4 nitrogen and oxygen atoms in total. The molecule has 0 unspecified atom stereocenters. The van der Waals surface area contributed by atoms with Gasteiger partial charge < -0.3 is 10.6 Å². The molecule has 2 saturated carbocycles. The Labute approximate surface area is 138 Å². The largest absolute Gasteiger partial charge is 0.353 e. The van der Waals surface area contributed by atoms with Crippen LogP contribution in [-0.2, 0) is 16.0 Å². The Kier molecular flexibility index (Phi) is 4.69. The molecule has 2 fully saturated rings. The number of hydrogen-bond acceptors (Lipinski definition) is 2. The van der Waals surface area contributed by atoms with Crippen LogP contribution < -0.4 is 10.6 Å². The second-order valence-electron chi connectivity index (χ2n) is 7.25. The Hall–Kier alpha value is -1.84. The highest BCUT2D eigenvalue weighted by atomic mass is 16.2. The van der Waals surface area contributed by atoms with Crippen LogP contribution in [-0.4, -0.2) is 17.9 Å². The van der Waals surface area contributed by atoms with Crippen LogP contribution in [0.1, 0.15) is 45.1 Å². The molecule has 2 aliphatic carbocycles. The maximum absolute atomic E-state index is 12.3. The van der Waals surface area contributed by atoms with Gasteiger partial charge in [-0.15, -0.1) is 0 Å². The number of nitrogens with one attached hydrogen (secondary N) is 2. The number of benzene rings is 1. The average molecular weight is 314 g/mol. The van der Waals surface area contributed by atoms with Crippen molar-refractivity contribution in [2.45, 2.75) is 52.0 Å². The Morgan fingerprint density at radius 3 is 2.48 bits per heavy atom. The summed E-state index contributed by atoms with van der Waals surface area (Å²) in [7, 11) is 0. The SMILES string of the molecule is CC(=O)Nc1ccc(CC(=O)N[C@@H](C)[C@@H]2C[C@H]3CC[C@H]2C3)cc1. The van der Waals surface area contributed by atoms with Gasteiger partial charge in [0.1, 0.15) is 0 Å². The van der Waals surface area contributed by atoms with Gasteiger partial charge in [-0.05, 0) is 61.6 Å². The van der Waals surface area contributed by atoms with Crippen molar-refractivity contribution in [3.8, 4) is 0 Å². The number of fused-ring (bicyclic) bond motifs is 2. The molecule has 0 aromatic heterocycles. The summed E-state index contributed by atoms with van der Waals surface area (Å²) in [5.41, 5.74) is 1.73. The van der Waals surface area contributed by atoms with Crippen molar-refractivity contribution in [3.63, 3.8) is 0 Å². The fourth-order valence-electron chi connectivity index (χ4n) is 4.41. The normalized spacial score (nSPS) is 26.8. The molecule has 1 aromatic carbocycles. The minimum Gasteiger partial charge on any atom is -0.353 e. The second kappa shape index (κ2) is 6.73. The summed E-state index contributed by atoms with van der Waals surface area (Å²) < 4.78 is 0. The molecule has 3 rings (SSSR count). The molecule has 0 radical (unpaired) electrons. The van der Waals surface area contributed by atoms with E-state index in [9.17, 15) is 9.59 Å². The Morgan fingerprint density at radius 2 is 1.91 bits per heavy atom. The van der Waals surface area contributed by atoms with Crippen molar-refractivity contribution in [1.82, 2.24) is 5.32 Å². The predicted molar refractivity (Wildman–Crippen MR) is 91.0 cm³/mol. The highest BCUT2D eigenvalue weighted by Crippen LogP contribution is 2.49. The lowest BCUT2D eigenvalue weighted by molar-refractivity contribution is -0.121. The van der Waals surface area contributed by atoms with Crippen LogP contribution in [0.4, 0.5) is 5.69 Å². The van der Waals surface area contributed by atoms with Crippen LogP contribution in [0.25, 0.3) is 0 Å². The van der Waals surface area contributed by atoms with E-state index in [4.69, 9.17) is 0 Å². The van der Waals surface area contributed by atoms with Crippen LogP contribution in [0.15, 0.2) is 24.3 Å². The monoisotopic (exact) mass is 314 g/mol. The van der Waals surface area contributed by atoms with Gasteiger partial charge in [0.25, 0.3) is 0 Å². The summed E-state index contributed by atoms with van der Waals surface area (Å²) in [6, 6.07) is 7.74. The van der Waals surface area contributed by atoms with E-state index < -0.39 is 0 Å². The third kappa shape index (κ3) is 3.92.